The number of rotatable bonds is 4. The molecule has 0 saturated carbocycles. The molecule has 0 aliphatic carbocycles. The Morgan fingerprint density at radius 2 is 1.77 bits per heavy atom. The van der Waals surface area contributed by atoms with E-state index in [1.807, 2.05) is 73.4 Å². The molecule has 4 rings (SSSR count). The largest absolute Gasteiger partial charge is 0.345 e. The zero-order valence-corrected chi connectivity index (χ0v) is 18.7. The number of hydrogen-bond donors (Lipinski definition) is 1. The van der Waals surface area contributed by atoms with Crippen LogP contribution >= 0.6 is 0 Å². The Balaban J connectivity index is 1.74. The maximum atomic E-state index is 12.9. The molecule has 2 heterocycles. The average Bonchev–Trinajstić information content (AvgIpc) is 3.24. The van der Waals surface area contributed by atoms with Gasteiger partial charge in [0.05, 0.1) is 29.0 Å². The Labute approximate surface area is 183 Å². The SMILES string of the molecule is Cc1ccccc1C(=O)NC(C)c1cc(-c2cnn(C(C)(C)C)c2)nc2ccccc12. The van der Waals surface area contributed by atoms with Gasteiger partial charge in [-0.05, 0) is 63.9 Å². The third kappa shape index (κ3) is 4.22. The van der Waals surface area contributed by atoms with Gasteiger partial charge in [0, 0.05) is 22.7 Å². The lowest BCUT2D eigenvalue weighted by Gasteiger charge is -2.19. The summed E-state index contributed by atoms with van der Waals surface area (Å²) in [6, 6.07) is 17.6. The average molecular weight is 413 g/mol. The summed E-state index contributed by atoms with van der Waals surface area (Å²) >= 11 is 0. The Kier molecular flexibility index (Phi) is 5.36. The maximum Gasteiger partial charge on any atom is 0.252 e. The quantitative estimate of drug-likeness (QED) is 0.471. The molecule has 5 heteroatoms. The van der Waals surface area contributed by atoms with Crippen molar-refractivity contribution >= 4 is 16.8 Å². The van der Waals surface area contributed by atoms with Crippen LogP contribution in [0.15, 0.2) is 67.0 Å². The minimum Gasteiger partial charge on any atom is -0.345 e. The predicted octanol–water partition coefficient (Wildman–Crippen LogP) is 5.65. The normalized spacial score (nSPS) is 12.7. The summed E-state index contributed by atoms with van der Waals surface area (Å²) in [5.74, 6) is -0.0754. The van der Waals surface area contributed by atoms with Crippen LogP contribution in [0.2, 0.25) is 0 Å². The molecule has 0 spiro atoms. The van der Waals surface area contributed by atoms with Crippen molar-refractivity contribution in [3.8, 4) is 11.3 Å². The minimum atomic E-state index is -0.184. The second-order valence-electron chi connectivity index (χ2n) is 8.97. The number of amides is 1. The van der Waals surface area contributed by atoms with Gasteiger partial charge in [-0.25, -0.2) is 4.98 Å². The van der Waals surface area contributed by atoms with Crippen molar-refractivity contribution in [3.63, 3.8) is 0 Å². The van der Waals surface area contributed by atoms with Gasteiger partial charge in [0.1, 0.15) is 0 Å². The molecule has 0 radical (unpaired) electrons. The van der Waals surface area contributed by atoms with Crippen LogP contribution in [0.4, 0.5) is 0 Å². The number of fused-ring (bicyclic) bond motifs is 1. The number of nitrogens with one attached hydrogen (secondary N) is 1. The Bertz CT molecular complexity index is 1250. The van der Waals surface area contributed by atoms with E-state index in [1.54, 1.807) is 0 Å². The number of hydrogen-bond acceptors (Lipinski definition) is 3. The van der Waals surface area contributed by atoms with Gasteiger partial charge in [-0.3, -0.25) is 9.48 Å². The summed E-state index contributed by atoms with van der Waals surface area (Å²) < 4.78 is 1.95. The fraction of sp³-hybridized carbons (Fsp3) is 0.269. The first-order chi connectivity index (χ1) is 14.7. The van der Waals surface area contributed by atoms with Crippen LogP contribution in [-0.2, 0) is 5.54 Å². The third-order valence-electron chi connectivity index (χ3n) is 5.52. The topological polar surface area (TPSA) is 59.8 Å². The molecule has 2 aromatic heterocycles. The second kappa shape index (κ2) is 7.99. The highest BCUT2D eigenvalue weighted by Gasteiger charge is 2.19. The number of carbonyl (C=O) groups is 1. The number of para-hydroxylation sites is 1. The van der Waals surface area contributed by atoms with Crippen LogP contribution in [0.5, 0.6) is 0 Å². The molecular formula is C26H28N4O. The highest BCUT2D eigenvalue weighted by molar-refractivity contribution is 5.96. The molecule has 158 valence electrons. The van der Waals surface area contributed by atoms with Gasteiger partial charge in [0.15, 0.2) is 0 Å². The van der Waals surface area contributed by atoms with Crippen LogP contribution in [0, 0.1) is 6.92 Å². The summed E-state index contributed by atoms with van der Waals surface area (Å²) in [4.78, 5) is 17.8. The summed E-state index contributed by atoms with van der Waals surface area (Å²) in [5, 5.41) is 8.72. The van der Waals surface area contributed by atoms with E-state index in [0.29, 0.717) is 5.56 Å². The van der Waals surface area contributed by atoms with Crippen molar-refractivity contribution in [3.05, 3.63) is 83.7 Å². The molecule has 0 saturated heterocycles. The van der Waals surface area contributed by atoms with Crippen molar-refractivity contribution < 1.29 is 4.79 Å². The van der Waals surface area contributed by atoms with E-state index in [2.05, 4.69) is 43.3 Å². The van der Waals surface area contributed by atoms with Gasteiger partial charge in [-0.1, -0.05) is 36.4 Å². The minimum absolute atomic E-state index is 0.0754. The molecule has 0 fully saturated rings. The van der Waals surface area contributed by atoms with Gasteiger partial charge in [0.25, 0.3) is 5.91 Å². The first-order valence-corrected chi connectivity index (χ1v) is 10.6. The Hall–Kier alpha value is -3.47. The van der Waals surface area contributed by atoms with Crippen LogP contribution in [0.3, 0.4) is 0 Å². The van der Waals surface area contributed by atoms with Gasteiger partial charge in [0.2, 0.25) is 0 Å². The molecule has 0 bridgehead atoms. The summed E-state index contributed by atoms with van der Waals surface area (Å²) in [7, 11) is 0. The third-order valence-corrected chi connectivity index (χ3v) is 5.52. The van der Waals surface area contributed by atoms with E-state index < -0.39 is 0 Å². The molecule has 2 aromatic carbocycles. The van der Waals surface area contributed by atoms with Crippen molar-refractivity contribution in [2.45, 2.75) is 46.2 Å². The summed E-state index contributed by atoms with van der Waals surface area (Å²) in [6.45, 7) is 10.3. The van der Waals surface area contributed by atoms with E-state index in [9.17, 15) is 4.79 Å². The zero-order valence-electron chi connectivity index (χ0n) is 18.7. The number of aromatic nitrogens is 3. The van der Waals surface area contributed by atoms with E-state index in [4.69, 9.17) is 4.98 Å². The fourth-order valence-electron chi connectivity index (χ4n) is 3.71. The molecule has 1 N–H and O–H groups in total. The van der Waals surface area contributed by atoms with Crippen LogP contribution < -0.4 is 5.32 Å². The van der Waals surface area contributed by atoms with Crippen molar-refractivity contribution in [2.24, 2.45) is 0 Å². The van der Waals surface area contributed by atoms with Crippen LogP contribution in [0.25, 0.3) is 22.2 Å². The summed E-state index contributed by atoms with van der Waals surface area (Å²) in [6.07, 6.45) is 3.88. The first-order valence-electron chi connectivity index (χ1n) is 10.6. The van der Waals surface area contributed by atoms with E-state index >= 15 is 0 Å². The molecule has 1 unspecified atom stereocenters. The van der Waals surface area contributed by atoms with E-state index in [-0.39, 0.29) is 17.5 Å². The fourth-order valence-corrected chi connectivity index (χ4v) is 3.71. The Morgan fingerprint density at radius 1 is 1.06 bits per heavy atom. The van der Waals surface area contributed by atoms with Crippen LogP contribution in [0.1, 0.15) is 55.2 Å². The molecule has 0 aliphatic heterocycles. The predicted molar refractivity (Wildman–Crippen MR) is 125 cm³/mol. The van der Waals surface area contributed by atoms with Crippen molar-refractivity contribution in [2.75, 3.05) is 0 Å². The molecule has 31 heavy (non-hydrogen) atoms. The van der Waals surface area contributed by atoms with Crippen LogP contribution in [-0.4, -0.2) is 20.7 Å². The van der Waals surface area contributed by atoms with Crippen molar-refractivity contribution in [1.29, 1.82) is 0 Å². The first kappa shape index (κ1) is 20.8. The van der Waals surface area contributed by atoms with Gasteiger partial charge < -0.3 is 5.32 Å². The zero-order chi connectivity index (χ0) is 22.2. The summed E-state index contributed by atoms with van der Waals surface area (Å²) in [5.41, 5.74) is 5.29. The highest BCUT2D eigenvalue weighted by Crippen LogP contribution is 2.29. The second-order valence-corrected chi connectivity index (χ2v) is 8.97. The van der Waals surface area contributed by atoms with Gasteiger partial charge in [-0.15, -0.1) is 0 Å². The molecule has 0 aliphatic rings. The molecule has 1 atom stereocenters. The molecular weight excluding hydrogens is 384 g/mol. The van der Waals surface area contributed by atoms with E-state index in [0.717, 1.165) is 33.3 Å². The molecule has 4 aromatic rings. The maximum absolute atomic E-state index is 12.9. The van der Waals surface area contributed by atoms with E-state index in [1.165, 1.54) is 0 Å². The van der Waals surface area contributed by atoms with Gasteiger partial charge >= 0.3 is 0 Å². The number of nitrogens with zero attached hydrogens (tertiary/aromatic N) is 3. The monoisotopic (exact) mass is 412 g/mol. The molecule has 5 nitrogen and oxygen atoms in total. The number of carbonyl (C=O) groups excluding carboxylic acids is 1. The van der Waals surface area contributed by atoms with Crippen molar-refractivity contribution in [1.82, 2.24) is 20.1 Å². The Morgan fingerprint density at radius 3 is 2.48 bits per heavy atom. The highest BCUT2D eigenvalue weighted by atomic mass is 16.1. The smallest absolute Gasteiger partial charge is 0.252 e. The molecule has 1 amide bonds. The number of aryl methyl sites for hydroxylation is 1. The number of pyridine rings is 1. The lowest BCUT2D eigenvalue weighted by molar-refractivity contribution is 0.0939. The van der Waals surface area contributed by atoms with Gasteiger partial charge in [-0.2, -0.15) is 5.10 Å². The standard InChI is InChI=1S/C26H28N4O/c1-17-10-6-7-11-20(17)25(31)28-18(2)22-14-24(29-23-13-9-8-12-21(22)23)19-15-27-30(16-19)26(3,4)5/h6-16,18H,1-5H3,(H,28,31). The lowest BCUT2D eigenvalue weighted by atomic mass is 9.99. The lowest BCUT2D eigenvalue weighted by Crippen LogP contribution is -2.27. The number of benzene rings is 2.